The SMILES string of the molecule is C=C(/C=C(\C=C/C)c1cc(NC)cnc1C)N1CCCCC1. The minimum Gasteiger partial charge on any atom is -0.387 e. The number of nitrogens with one attached hydrogen (secondary N) is 1. The smallest absolute Gasteiger partial charge is 0.0530 e. The molecule has 0 bridgehead atoms. The van der Waals surface area contributed by atoms with Gasteiger partial charge in [0.15, 0.2) is 0 Å². The van der Waals surface area contributed by atoms with Crippen molar-refractivity contribution in [3.63, 3.8) is 0 Å². The zero-order valence-corrected chi connectivity index (χ0v) is 14.0. The number of hydrogen-bond acceptors (Lipinski definition) is 3. The van der Waals surface area contributed by atoms with Gasteiger partial charge in [-0.25, -0.2) is 0 Å². The molecular weight excluding hydrogens is 270 g/mol. The number of nitrogens with zero attached hydrogens (tertiary/aromatic N) is 2. The molecule has 2 heterocycles. The second-order valence-corrected chi connectivity index (χ2v) is 5.75. The molecule has 1 aromatic rings. The van der Waals surface area contributed by atoms with Crippen LogP contribution in [0.25, 0.3) is 5.57 Å². The zero-order valence-electron chi connectivity index (χ0n) is 14.0. The Kier molecular flexibility index (Phi) is 5.82. The molecule has 0 spiro atoms. The predicted octanol–water partition coefficient (Wildman–Crippen LogP) is 4.39. The molecule has 0 atom stereocenters. The Hall–Kier alpha value is -2.03. The standard InChI is InChI=1S/C19H27N3/c1-5-9-17(12-15(2)22-10-7-6-8-11-22)19-13-18(20-4)14-21-16(19)3/h5,9,12-14,20H,2,6-8,10-11H2,1,3-4H3/b9-5-,17-12+. The van der Waals surface area contributed by atoms with Gasteiger partial charge in [-0.15, -0.1) is 0 Å². The molecule has 1 saturated heterocycles. The van der Waals surface area contributed by atoms with E-state index in [2.05, 4.69) is 53.0 Å². The van der Waals surface area contributed by atoms with Gasteiger partial charge in [0.25, 0.3) is 0 Å². The van der Waals surface area contributed by atoms with E-state index in [1.807, 2.05) is 20.2 Å². The van der Waals surface area contributed by atoms with Crippen LogP contribution < -0.4 is 5.32 Å². The van der Waals surface area contributed by atoms with E-state index in [0.717, 1.165) is 35.7 Å². The summed E-state index contributed by atoms with van der Waals surface area (Å²) < 4.78 is 0. The number of aryl methyl sites for hydroxylation is 1. The van der Waals surface area contributed by atoms with Crippen molar-refractivity contribution < 1.29 is 0 Å². The van der Waals surface area contributed by atoms with Crippen LogP contribution in [0.3, 0.4) is 0 Å². The number of rotatable bonds is 5. The van der Waals surface area contributed by atoms with Crippen molar-refractivity contribution in [1.29, 1.82) is 0 Å². The molecule has 118 valence electrons. The highest BCUT2D eigenvalue weighted by molar-refractivity contribution is 5.78. The quantitative estimate of drug-likeness (QED) is 0.817. The normalized spacial score (nSPS) is 16.1. The monoisotopic (exact) mass is 297 g/mol. The fourth-order valence-corrected chi connectivity index (χ4v) is 2.81. The van der Waals surface area contributed by atoms with Crippen LogP contribution in [-0.4, -0.2) is 30.0 Å². The summed E-state index contributed by atoms with van der Waals surface area (Å²) >= 11 is 0. The van der Waals surface area contributed by atoms with E-state index in [-0.39, 0.29) is 0 Å². The molecule has 1 N–H and O–H groups in total. The first-order chi connectivity index (χ1) is 10.7. The van der Waals surface area contributed by atoms with Crippen molar-refractivity contribution >= 4 is 11.3 Å². The van der Waals surface area contributed by atoms with Gasteiger partial charge in [-0.05, 0) is 50.8 Å². The second kappa shape index (κ2) is 7.83. The summed E-state index contributed by atoms with van der Waals surface area (Å²) in [5.74, 6) is 0. The maximum Gasteiger partial charge on any atom is 0.0530 e. The first-order valence-electron chi connectivity index (χ1n) is 8.08. The first-order valence-corrected chi connectivity index (χ1v) is 8.08. The summed E-state index contributed by atoms with van der Waals surface area (Å²) in [6.45, 7) is 10.6. The van der Waals surface area contributed by atoms with Crippen molar-refractivity contribution in [1.82, 2.24) is 9.88 Å². The average Bonchev–Trinajstić information content (AvgIpc) is 2.55. The van der Waals surface area contributed by atoms with Crippen molar-refractivity contribution in [2.24, 2.45) is 0 Å². The van der Waals surface area contributed by atoms with Gasteiger partial charge in [0.2, 0.25) is 0 Å². The van der Waals surface area contributed by atoms with E-state index in [1.54, 1.807) is 0 Å². The Morgan fingerprint density at radius 3 is 2.68 bits per heavy atom. The van der Waals surface area contributed by atoms with Gasteiger partial charge >= 0.3 is 0 Å². The van der Waals surface area contributed by atoms with E-state index in [1.165, 1.54) is 24.8 Å². The molecule has 0 unspecified atom stereocenters. The third kappa shape index (κ3) is 4.00. The number of anilines is 1. The zero-order chi connectivity index (χ0) is 15.9. The number of allylic oxidation sites excluding steroid dienone is 4. The van der Waals surface area contributed by atoms with Gasteiger partial charge < -0.3 is 10.2 Å². The van der Waals surface area contributed by atoms with Crippen LogP contribution in [0.4, 0.5) is 5.69 Å². The lowest BCUT2D eigenvalue weighted by Crippen LogP contribution is -2.27. The molecule has 3 nitrogen and oxygen atoms in total. The Morgan fingerprint density at radius 1 is 1.32 bits per heavy atom. The number of piperidine rings is 1. The van der Waals surface area contributed by atoms with E-state index in [0.29, 0.717) is 0 Å². The van der Waals surface area contributed by atoms with Crippen molar-refractivity contribution in [2.75, 3.05) is 25.5 Å². The highest BCUT2D eigenvalue weighted by Crippen LogP contribution is 2.25. The third-order valence-corrected chi connectivity index (χ3v) is 4.12. The predicted molar refractivity (Wildman–Crippen MR) is 95.9 cm³/mol. The molecule has 3 heteroatoms. The highest BCUT2D eigenvalue weighted by Gasteiger charge is 2.12. The van der Waals surface area contributed by atoms with E-state index in [9.17, 15) is 0 Å². The number of hydrogen-bond donors (Lipinski definition) is 1. The lowest BCUT2D eigenvalue weighted by Gasteiger charge is -2.29. The Balaban J connectivity index is 2.32. The molecule has 0 radical (unpaired) electrons. The van der Waals surface area contributed by atoms with Crippen LogP contribution in [0.5, 0.6) is 0 Å². The van der Waals surface area contributed by atoms with E-state index >= 15 is 0 Å². The van der Waals surface area contributed by atoms with Gasteiger partial charge in [-0.3, -0.25) is 4.98 Å². The Labute approximate surface area is 134 Å². The minimum absolute atomic E-state index is 1.03. The summed E-state index contributed by atoms with van der Waals surface area (Å²) in [7, 11) is 1.92. The fourth-order valence-electron chi connectivity index (χ4n) is 2.81. The summed E-state index contributed by atoms with van der Waals surface area (Å²) in [5.41, 5.74) is 5.49. The molecule has 0 aliphatic carbocycles. The van der Waals surface area contributed by atoms with Gasteiger partial charge in [0.05, 0.1) is 11.9 Å². The van der Waals surface area contributed by atoms with Crippen LogP contribution in [0.15, 0.2) is 42.8 Å². The van der Waals surface area contributed by atoms with Gasteiger partial charge in [0, 0.05) is 37.1 Å². The topological polar surface area (TPSA) is 28.2 Å². The number of likely N-dealkylation sites (tertiary alicyclic amines) is 1. The summed E-state index contributed by atoms with van der Waals surface area (Å²) in [4.78, 5) is 6.88. The fraction of sp³-hybridized carbons (Fsp3) is 0.421. The maximum atomic E-state index is 4.49. The molecule has 0 aromatic carbocycles. The Bertz CT molecular complexity index is 578. The summed E-state index contributed by atoms with van der Waals surface area (Å²) in [6, 6.07) is 2.15. The molecule has 22 heavy (non-hydrogen) atoms. The van der Waals surface area contributed by atoms with Gasteiger partial charge in [-0.2, -0.15) is 0 Å². The summed E-state index contributed by atoms with van der Waals surface area (Å²) in [6.07, 6.45) is 12.1. The molecule has 1 aliphatic heterocycles. The van der Waals surface area contributed by atoms with Gasteiger partial charge in [-0.1, -0.05) is 18.7 Å². The average molecular weight is 297 g/mol. The van der Waals surface area contributed by atoms with E-state index in [4.69, 9.17) is 0 Å². The maximum absolute atomic E-state index is 4.49. The van der Waals surface area contributed by atoms with E-state index < -0.39 is 0 Å². The van der Waals surface area contributed by atoms with Crippen LogP contribution in [0.1, 0.15) is 37.4 Å². The number of aromatic nitrogens is 1. The molecule has 2 rings (SSSR count). The van der Waals surface area contributed by atoms with Crippen LogP contribution in [0, 0.1) is 6.92 Å². The molecule has 1 fully saturated rings. The minimum atomic E-state index is 1.03. The van der Waals surface area contributed by atoms with Crippen molar-refractivity contribution in [2.45, 2.75) is 33.1 Å². The molecule has 0 saturated carbocycles. The lowest BCUT2D eigenvalue weighted by atomic mass is 10.0. The number of pyridine rings is 1. The molecular formula is C19H27N3. The largest absolute Gasteiger partial charge is 0.387 e. The van der Waals surface area contributed by atoms with Crippen LogP contribution >= 0.6 is 0 Å². The van der Waals surface area contributed by atoms with Crippen LogP contribution in [-0.2, 0) is 0 Å². The van der Waals surface area contributed by atoms with Crippen LogP contribution in [0.2, 0.25) is 0 Å². The van der Waals surface area contributed by atoms with Crippen molar-refractivity contribution in [3.8, 4) is 0 Å². The van der Waals surface area contributed by atoms with Crippen molar-refractivity contribution in [3.05, 3.63) is 54.0 Å². The first kappa shape index (κ1) is 16.3. The highest BCUT2D eigenvalue weighted by atomic mass is 15.1. The molecule has 1 aromatic heterocycles. The Morgan fingerprint density at radius 2 is 2.05 bits per heavy atom. The second-order valence-electron chi connectivity index (χ2n) is 5.75. The molecule has 0 amide bonds. The molecule has 1 aliphatic rings. The summed E-state index contributed by atoms with van der Waals surface area (Å²) in [5, 5.41) is 3.16. The third-order valence-electron chi connectivity index (χ3n) is 4.12. The van der Waals surface area contributed by atoms with Gasteiger partial charge in [0.1, 0.15) is 0 Å². The lowest BCUT2D eigenvalue weighted by molar-refractivity contribution is 0.294.